The molecule has 0 bridgehead atoms. The Kier molecular flexibility index (Phi) is 5.55. The van der Waals surface area contributed by atoms with Crippen molar-refractivity contribution in [2.75, 3.05) is 0 Å². The van der Waals surface area contributed by atoms with Crippen LogP contribution in [0.25, 0.3) is 0 Å². The first-order valence-electron chi connectivity index (χ1n) is 12.4. The van der Waals surface area contributed by atoms with Gasteiger partial charge in [-0.2, -0.15) is 0 Å². The lowest BCUT2D eigenvalue weighted by molar-refractivity contribution is -0.212. The number of aliphatic hydroxyl groups is 1. The van der Waals surface area contributed by atoms with Gasteiger partial charge in [-0.25, -0.2) is 0 Å². The van der Waals surface area contributed by atoms with Crippen LogP contribution in [0.4, 0.5) is 0 Å². The summed E-state index contributed by atoms with van der Waals surface area (Å²) in [6, 6.07) is 0. The summed E-state index contributed by atoms with van der Waals surface area (Å²) in [5, 5.41) is 11.8. The van der Waals surface area contributed by atoms with E-state index in [-0.39, 0.29) is 34.3 Å². The molecular formula is C26H42O5. The van der Waals surface area contributed by atoms with Crippen LogP contribution >= 0.6 is 0 Å². The highest BCUT2D eigenvalue weighted by Gasteiger charge is 2.68. The van der Waals surface area contributed by atoms with Gasteiger partial charge < -0.3 is 14.6 Å². The van der Waals surface area contributed by atoms with Crippen molar-refractivity contribution in [1.82, 2.24) is 0 Å². The van der Waals surface area contributed by atoms with Crippen molar-refractivity contribution < 1.29 is 24.2 Å². The molecule has 9 atom stereocenters. The van der Waals surface area contributed by atoms with E-state index in [2.05, 4.69) is 20.8 Å². The van der Waals surface area contributed by atoms with Crippen LogP contribution < -0.4 is 0 Å². The van der Waals surface area contributed by atoms with Gasteiger partial charge in [0.15, 0.2) is 0 Å². The third-order valence-electron chi connectivity index (χ3n) is 10.9. The standard InChI is InChI=1S/C26H42O5/c1-16(30-17(2)27)26(29)14-10-22-20-8-11-23(4)15-19(31-18(3)28)7-12-24(23,5)21(20)9-13-25(22,26)6/h16,19-22,29H,7-15H2,1-6H3/t16-,19-,20-,21+,22+,23+,24-,25+,26+/m1/s1. The number of hydrogen-bond donors (Lipinski definition) is 1. The number of hydrogen-bond acceptors (Lipinski definition) is 5. The summed E-state index contributed by atoms with van der Waals surface area (Å²) >= 11 is 0. The molecule has 5 heteroatoms. The van der Waals surface area contributed by atoms with Crippen molar-refractivity contribution in [2.24, 2.45) is 34.0 Å². The Balaban J connectivity index is 1.58. The van der Waals surface area contributed by atoms with Crippen LogP contribution in [0.2, 0.25) is 0 Å². The van der Waals surface area contributed by atoms with Gasteiger partial charge >= 0.3 is 11.9 Å². The molecule has 0 aromatic heterocycles. The lowest BCUT2D eigenvalue weighted by atomic mass is 9.40. The number of carbonyl (C=O) groups excluding carboxylic acids is 2. The highest BCUT2D eigenvalue weighted by atomic mass is 16.6. The van der Waals surface area contributed by atoms with Crippen molar-refractivity contribution in [3.05, 3.63) is 0 Å². The van der Waals surface area contributed by atoms with E-state index in [4.69, 9.17) is 9.47 Å². The Morgan fingerprint density at radius 1 is 0.871 bits per heavy atom. The largest absolute Gasteiger partial charge is 0.463 e. The molecule has 0 aromatic carbocycles. The summed E-state index contributed by atoms with van der Waals surface area (Å²) in [5.41, 5.74) is -0.707. The molecule has 0 spiro atoms. The lowest BCUT2D eigenvalue weighted by Gasteiger charge is -2.65. The van der Waals surface area contributed by atoms with Crippen molar-refractivity contribution in [2.45, 2.75) is 117 Å². The molecule has 0 unspecified atom stereocenters. The van der Waals surface area contributed by atoms with Crippen LogP contribution in [0.15, 0.2) is 0 Å². The van der Waals surface area contributed by atoms with Crippen LogP contribution in [0.5, 0.6) is 0 Å². The molecule has 31 heavy (non-hydrogen) atoms. The Bertz CT molecular complexity index is 750. The maximum Gasteiger partial charge on any atom is 0.302 e. The maximum atomic E-state index is 11.8. The lowest BCUT2D eigenvalue weighted by Crippen LogP contribution is -2.61. The quantitative estimate of drug-likeness (QED) is 0.631. The second-order valence-electron chi connectivity index (χ2n) is 12.0. The zero-order chi connectivity index (χ0) is 22.8. The van der Waals surface area contributed by atoms with E-state index in [1.165, 1.54) is 20.3 Å². The predicted octanol–water partition coefficient (Wildman–Crippen LogP) is 5.03. The maximum absolute atomic E-state index is 11.8. The van der Waals surface area contributed by atoms with Gasteiger partial charge in [-0.05, 0) is 93.3 Å². The van der Waals surface area contributed by atoms with Crippen LogP contribution in [0.1, 0.15) is 99.3 Å². The summed E-state index contributed by atoms with van der Waals surface area (Å²) in [6.45, 7) is 12.0. The average molecular weight is 435 g/mol. The van der Waals surface area contributed by atoms with Crippen LogP contribution in [-0.2, 0) is 19.1 Å². The third kappa shape index (κ3) is 3.28. The van der Waals surface area contributed by atoms with Crippen molar-refractivity contribution >= 4 is 11.9 Å². The molecule has 0 radical (unpaired) electrons. The Morgan fingerprint density at radius 3 is 2.13 bits per heavy atom. The molecule has 4 aliphatic carbocycles. The normalized spacial score (nSPS) is 49.9. The van der Waals surface area contributed by atoms with E-state index in [0.717, 1.165) is 44.9 Å². The highest BCUT2D eigenvalue weighted by molar-refractivity contribution is 5.66. The summed E-state index contributed by atoms with van der Waals surface area (Å²) in [4.78, 5) is 23.2. The van der Waals surface area contributed by atoms with Gasteiger partial charge in [-0.15, -0.1) is 0 Å². The molecule has 0 aliphatic heterocycles. The SMILES string of the molecule is CC(=O)O[C@@H]1CC[C@]2(C)[C@H]3CC[C@@]4(C)[C@@H](CC[C@]4(O)[C@@H](C)OC(C)=O)[C@@H]3CC[C@@]2(C)C1. The minimum atomic E-state index is -0.942. The van der Waals surface area contributed by atoms with Gasteiger partial charge in [0.1, 0.15) is 17.8 Å². The third-order valence-corrected chi connectivity index (χ3v) is 10.9. The zero-order valence-electron chi connectivity index (χ0n) is 20.3. The van der Waals surface area contributed by atoms with Gasteiger partial charge in [0, 0.05) is 19.3 Å². The van der Waals surface area contributed by atoms with E-state index in [1.807, 2.05) is 6.92 Å². The van der Waals surface area contributed by atoms with Crippen molar-refractivity contribution in [3.63, 3.8) is 0 Å². The minimum absolute atomic E-state index is 0.0575. The fourth-order valence-electron chi connectivity index (χ4n) is 8.99. The fraction of sp³-hybridized carbons (Fsp3) is 0.923. The van der Waals surface area contributed by atoms with Gasteiger partial charge in [0.25, 0.3) is 0 Å². The number of rotatable bonds is 3. The molecule has 5 nitrogen and oxygen atoms in total. The zero-order valence-corrected chi connectivity index (χ0v) is 20.3. The van der Waals surface area contributed by atoms with E-state index >= 15 is 0 Å². The topological polar surface area (TPSA) is 72.8 Å². The molecule has 1 N–H and O–H groups in total. The monoisotopic (exact) mass is 434 g/mol. The molecule has 0 amide bonds. The van der Waals surface area contributed by atoms with Gasteiger partial charge in [0.2, 0.25) is 0 Å². The molecule has 0 aromatic rings. The molecule has 176 valence electrons. The molecule has 4 aliphatic rings. The van der Waals surface area contributed by atoms with Gasteiger partial charge in [0.05, 0.1) is 0 Å². The molecule has 4 rings (SSSR count). The number of fused-ring (bicyclic) bond motifs is 5. The van der Waals surface area contributed by atoms with Gasteiger partial charge in [-0.3, -0.25) is 9.59 Å². The van der Waals surface area contributed by atoms with Crippen LogP contribution in [0.3, 0.4) is 0 Å². The molecular weight excluding hydrogens is 392 g/mol. The Hall–Kier alpha value is -1.10. The molecule has 4 saturated carbocycles. The summed E-state index contributed by atoms with van der Waals surface area (Å²) < 4.78 is 11.2. The number of carbonyl (C=O) groups is 2. The summed E-state index contributed by atoms with van der Waals surface area (Å²) in [6.07, 6.45) is 8.82. The number of esters is 2. The summed E-state index contributed by atoms with van der Waals surface area (Å²) in [7, 11) is 0. The summed E-state index contributed by atoms with van der Waals surface area (Å²) in [5.74, 6) is 1.26. The second kappa shape index (κ2) is 7.46. The Labute approximate surface area is 187 Å². The Morgan fingerprint density at radius 2 is 1.48 bits per heavy atom. The van der Waals surface area contributed by atoms with Crippen molar-refractivity contribution in [3.8, 4) is 0 Å². The second-order valence-corrected chi connectivity index (χ2v) is 12.0. The predicted molar refractivity (Wildman–Crippen MR) is 118 cm³/mol. The molecule has 0 heterocycles. The van der Waals surface area contributed by atoms with E-state index in [9.17, 15) is 14.7 Å². The first-order chi connectivity index (χ1) is 14.4. The van der Waals surface area contributed by atoms with Crippen LogP contribution in [-0.4, -0.2) is 34.9 Å². The minimum Gasteiger partial charge on any atom is -0.463 e. The van der Waals surface area contributed by atoms with Gasteiger partial charge in [-0.1, -0.05) is 20.8 Å². The number of ether oxygens (including phenoxy) is 2. The smallest absolute Gasteiger partial charge is 0.302 e. The van der Waals surface area contributed by atoms with E-state index < -0.39 is 11.7 Å². The molecule has 4 fully saturated rings. The van der Waals surface area contributed by atoms with Crippen LogP contribution in [0, 0.1) is 34.0 Å². The van der Waals surface area contributed by atoms with E-state index in [0.29, 0.717) is 24.2 Å². The van der Waals surface area contributed by atoms with Crippen molar-refractivity contribution in [1.29, 1.82) is 0 Å². The molecule has 0 saturated heterocycles. The first kappa shape index (κ1) is 23.1. The highest BCUT2D eigenvalue weighted by Crippen LogP contribution is 2.71. The average Bonchev–Trinajstić information content (AvgIpc) is 2.94. The van der Waals surface area contributed by atoms with E-state index in [1.54, 1.807) is 0 Å². The fourth-order valence-corrected chi connectivity index (χ4v) is 8.99. The first-order valence-corrected chi connectivity index (χ1v) is 12.4.